The first-order valence-electron chi connectivity index (χ1n) is 8.14. The highest BCUT2D eigenvalue weighted by atomic mass is 32.1. The standard InChI is InChI=1S/C17H20FN5S/c1-21(2)14-7-9-22(10-8-14)17-20-23-11-15(19-16(23)24-17)12-3-5-13(18)6-4-12/h3-6,11,14H,7-10H2,1-2H3. The maximum Gasteiger partial charge on any atom is 0.214 e. The van der Waals surface area contributed by atoms with Crippen LogP contribution in [0.3, 0.4) is 0 Å². The van der Waals surface area contributed by atoms with Crippen molar-refractivity contribution in [3.63, 3.8) is 0 Å². The van der Waals surface area contributed by atoms with E-state index in [0.29, 0.717) is 6.04 Å². The molecule has 5 nitrogen and oxygen atoms in total. The minimum Gasteiger partial charge on any atom is -0.347 e. The summed E-state index contributed by atoms with van der Waals surface area (Å²) in [5.74, 6) is -0.235. The maximum absolute atomic E-state index is 13.0. The quantitative estimate of drug-likeness (QED) is 0.731. The first-order chi connectivity index (χ1) is 11.6. The first kappa shape index (κ1) is 15.5. The monoisotopic (exact) mass is 345 g/mol. The van der Waals surface area contributed by atoms with E-state index in [2.05, 4.69) is 34.0 Å². The molecule has 7 heteroatoms. The van der Waals surface area contributed by atoms with Crippen LogP contribution in [0.5, 0.6) is 0 Å². The van der Waals surface area contributed by atoms with Crippen molar-refractivity contribution in [2.75, 3.05) is 32.1 Å². The fourth-order valence-electron chi connectivity index (χ4n) is 3.15. The molecule has 1 aliphatic heterocycles. The summed E-state index contributed by atoms with van der Waals surface area (Å²) in [6, 6.07) is 7.06. The molecule has 126 valence electrons. The van der Waals surface area contributed by atoms with Gasteiger partial charge in [-0.05, 0) is 51.2 Å². The average molecular weight is 345 g/mol. The van der Waals surface area contributed by atoms with Gasteiger partial charge in [-0.2, -0.15) is 0 Å². The Kier molecular flexibility index (Phi) is 3.97. The minimum absolute atomic E-state index is 0.235. The third-order valence-electron chi connectivity index (χ3n) is 4.64. The van der Waals surface area contributed by atoms with Gasteiger partial charge in [-0.15, -0.1) is 5.10 Å². The van der Waals surface area contributed by atoms with Crippen molar-refractivity contribution in [1.82, 2.24) is 19.5 Å². The van der Waals surface area contributed by atoms with E-state index in [4.69, 9.17) is 0 Å². The van der Waals surface area contributed by atoms with Crippen LogP contribution in [0.4, 0.5) is 9.52 Å². The van der Waals surface area contributed by atoms with Gasteiger partial charge in [-0.1, -0.05) is 11.3 Å². The second-order valence-corrected chi connectivity index (χ2v) is 7.36. The molecule has 0 aliphatic carbocycles. The van der Waals surface area contributed by atoms with E-state index in [1.54, 1.807) is 23.5 Å². The van der Waals surface area contributed by atoms with Crippen LogP contribution in [0, 0.1) is 5.82 Å². The molecule has 0 radical (unpaired) electrons. The zero-order valence-corrected chi connectivity index (χ0v) is 14.6. The summed E-state index contributed by atoms with van der Waals surface area (Å²) in [6.45, 7) is 2.06. The van der Waals surface area contributed by atoms with Crippen LogP contribution in [-0.4, -0.2) is 52.7 Å². The Labute approximate surface area is 144 Å². The Balaban J connectivity index is 1.53. The summed E-state index contributed by atoms with van der Waals surface area (Å²) in [4.78, 5) is 10.2. The number of piperidine rings is 1. The number of hydrogen-bond acceptors (Lipinski definition) is 5. The van der Waals surface area contributed by atoms with Crippen LogP contribution in [0.25, 0.3) is 16.2 Å². The fraction of sp³-hybridized carbons (Fsp3) is 0.412. The Morgan fingerprint density at radius 3 is 2.50 bits per heavy atom. The molecule has 4 rings (SSSR count). The Bertz CT molecular complexity index is 799. The molecule has 1 saturated heterocycles. The molecular formula is C17H20FN5S. The van der Waals surface area contributed by atoms with Gasteiger partial charge in [0.05, 0.1) is 11.9 Å². The van der Waals surface area contributed by atoms with Crippen LogP contribution in [0.15, 0.2) is 30.5 Å². The van der Waals surface area contributed by atoms with Crippen molar-refractivity contribution >= 4 is 21.4 Å². The van der Waals surface area contributed by atoms with Gasteiger partial charge in [0, 0.05) is 24.7 Å². The summed E-state index contributed by atoms with van der Waals surface area (Å²) in [5, 5.41) is 5.71. The van der Waals surface area contributed by atoms with Gasteiger partial charge in [0.25, 0.3) is 0 Å². The van der Waals surface area contributed by atoms with E-state index in [0.717, 1.165) is 47.3 Å². The largest absolute Gasteiger partial charge is 0.347 e. The van der Waals surface area contributed by atoms with Crippen molar-refractivity contribution in [1.29, 1.82) is 0 Å². The highest BCUT2D eigenvalue weighted by Gasteiger charge is 2.23. The summed E-state index contributed by atoms with van der Waals surface area (Å²) >= 11 is 1.61. The third-order valence-corrected chi connectivity index (χ3v) is 5.62. The van der Waals surface area contributed by atoms with E-state index >= 15 is 0 Å². The van der Waals surface area contributed by atoms with E-state index in [1.807, 2.05) is 10.7 Å². The molecule has 1 aliphatic rings. The van der Waals surface area contributed by atoms with Crippen molar-refractivity contribution in [3.8, 4) is 11.3 Å². The lowest BCUT2D eigenvalue weighted by Gasteiger charge is -2.34. The summed E-state index contributed by atoms with van der Waals surface area (Å²) < 4.78 is 14.9. The summed E-state index contributed by atoms with van der Waals surface area (Å²) in [5.41, 5.74) is 1.73. The van der Waals surface area contributed by atoms with Crippen LogP contribution in [0.2, 0.25) is 0 Å². The molecule has 0 unspecified atom stereocenters. The molecular weight excluding hydrogens is 325 g/mol. The Morgan fingerprint density at radius 2 is 1.88 bits per heavy atom. The average Bonchev–Trinajstić information content (AvgIpc) is 3.14. The molecule has 0 saturated carbocycles. The molecule has 0 bridgehead atoms. The van der Waals surface area contributed by atoms with Gasteiger partial charge < -0.3 is 9.80 Å². The van der Waals surface area contributed by atoms with Crippen LogP contribution in [-0.2, 0) is 0 Å². The number of aromatic nitrogens is 3. The lowest BCUT2D eigenvalue weighted by atomic mass is 10.1. The number of rotatable bonds is 3. The maximum atomic E-state index is 13.0. The Morgan fingerprint density at radius 1 is 1.17 bits per heavy atom. The highest BCUT2D eigenvalue weighted by Crippen LogP contribution is 2.29. The van der Waals surface area contributed by atoms with Gasteiger partial charge in [-0.3, -0.25) is 0 Å². The lowest BCUT2D eigenvalue weighted by molar-refractivity contribution is 0.249. The fourth-order valence-corrected chi connectivity index (χ4v) is 4.09. The lowest BCUT2D eigenvalue weighted by Crippen LogP contribution is -2.42. The van der Waals surface area contributed by atoms with E-state index < -0.39 is 0 Å². The zero-order chi connectivity index (χ0) is 16.7. The summed E-state index contributed by atoms with van der Waals surface area (Å²) in [7, 11) is 4.30. The summed E-state index contributed by atoms with van der Waals surface area (Å²) in [6.07, 6.45) is 4.24. The van der Waals surface area contributed by atoms with Gasteiger partial charge >= 0.3 is 0 Å². The third kappa shape index (κ3) is 2.89. The van der Waals surface area contributed by atoms with Gasteiger partial charge in [0.2, 0.25) is 10.1 Å². The topological polar surface area (TPSA) is 36.7 Å². The SMILES string of the molecule is CN(C)C1CCN(c2nn3cc(-c4ccc(F)cc4)nc3s2)CC1. The molecule has 0 amide bonds. The Hall–Kier alpha value is -1.99. The normalized spacial score (nSPS) is 16.4. The smallest absolute Gasteiger partial charge is 0.214 e. The first-order valence-corrected chi connectivity index (χ1v) is 8.95. The van der Waals surface area contributed by atoms with Crippen molar-refractivity contribution < 1.29 is 4.39 Å². The van der Waals surface area contributed by atoms with Crippen LogP contribution >= 0.6 is 11.3 Å². The van der Waals surface area contributed by atoms with Crippen molar-refractivity contribution in [2.45, 2.75) is 18.9 Å². The van der Waals surface area contributed by atoms with Crippen LogP contribution in [0.1, 0.15) is 12.8 Å². The second kappa shape index (κ2) is 6.14. The molecule has 3 aromatic rings. The predicted molar refractivity (Wildman–Crippen MR) is 95.2 cm³/mol. The number of imidazole rings is 1. The molecule has 2 aromatic heterocycles. The predicted octanol–water partition coefficient (Wildman–Crippen LogP) is 3.13. The van der Waals surface area contributed by atoms with Crippen molar-refractivity contribution in [3.05, 3.63) is 36.3 Å². The number of benzene rings is 1. The number of halogens is 1. The van der Waals surface area contributed by atoms with Gasteiger partial charge in [-0.25, -0.2) is 13.9 Å². The molecule has 1 aromatic carbocycles. The second-order valence-electron chi connectivity index (χ2n) is 6.43. The zero-order valence-electron chi connectivity index (χ0n) is 13.8. The van der Waals surface area contributed by atoms with E-state index in [-0.39, 0.29) is 5.82 Å². The highest BCUT2D eigenvalue weighted by molar-refractivity contribution is 7.20. The molecule has 1 fully saturated rings. The molecule has 0 atom stereocenters. The van der Waals surface area contributed by atoms with Gasteiger partial charge in [0.15, 0.2) is 0 Å². The molecule has 0 N–H and O–H groups in total. The van der Waals surface area contributed by atoms with Crippen molar-refractivity contribution in [2.24, 2.45) is 0 Å². The van der Waals surface area contributed by atoms with Gasteiger partial charge in [0.1, 0.15) is 5.82 Å². The minimum atomic E-state index is -0.235. The molecule has 0 spiro atoms. The number of hydrogen-bond donors (Lipinski definition) is 0. The number of nitrogens with zero attached hydrogens (tertiary/aromatic N) is 5. The van der Waals surface area contributed by atoms with E-state index in [9.17, 15) is 4.39 Å². The molecule has 3 heterocycles. The molecule has 24 heavy (non-hydrogen) atoms. The van der Waals surface area contributed by atoms with E-state index in [1.165, 1.54) is 12.1 Å². The number of anilines is 1. The number of fused-ring (bicyclic) bond motifs is 1. The van der Waals surface area contributed by atoms with Crippen LogP contribution < -0.4 is 4.90 Å².